The quantitative estimate of drug-likeness (QED) is 0.731. The molecule has 1 N–H and O–H groups in total. The summed E-state index contributed by atoms with van der Waals surface area (Å²) in [6, 6.07) is 16.9. The first-order chi connectivity index (χ1) is 13.8. The van der Waals surface area contributed by atoms with E-state index in [2.05, 4.69) is 46.6 Å². The molecule has 0 radical (unpaired) electrons. The van der Waals surface area contributed by atoms with E-state index < -0.39 is 0 Å². The van der Waals surface area contributed by atoms with Crippen molar-refractivity contribution in [2.75, 3.05) is 31.6 Å². The summed E-state index contributed by atoms with van der Waals surface area (Å²) in [7, 11) is 0. The summed E-state index contributed by atoms with van der Waals surface area (Å²) in [5, 5.41) is 2.97. The van der Waals surface area contributed by atoms with Gasteiger partial charge in [0.05, 0.1) is 12.3 Å². The molecule has 28 heavy (non-hydrogen) atoms. The molecule has 1 amide bonds. The van der Waals surface area contributed by atoms with E-state index in [-0.39, 0.29) is 5.91 Å². The van der Waals surface area contributed by atoms with Gasteiger partial charge in [-0.05, 0) is 68.3 Å². The van der Waals surface area contributed by atoms with Gasteiger partial charge in [-0.2, -0.15) is 0 Å². The largest absolute Gasteiger partial charge is 0.491 e. The van der Waals surface area contributed by atoms with Gasteiger partial charge >= 0.3 is 0 Å². The van der Waals surface area contributed by atoms with Crippen LogP contribution in [0.15, 0.2) is 48.5 Å². The molecule has 4 heteroatoms. The zero-order valence-corrected chi connectivity index (χ0v) is 16.5. The predicted octanol–water partition coefficient (Wildman–Crippen LogP) is 4.29. The molecule has 0 aromatic heterocycles. The first kappa shape index (κ1) is 19.0. The topological polar surface area (TPSA) is 41.6 Å². The number of carbonyl (C=O) groups excluding carboxylic acids is 1. The lowest BCUT2D eigenvalue weighted by Gasteiger charge is -2.32. The van der Waals surface area contributed by atoms with E-state index in [4.69, 9.17) is 4.74 Å². The van der Waals surface area contributed by atoms with Crippen LogP contribution < -0.4 is 10.1 Å². The maximum Gasteiger partial charge on any atom is 0.224 e. The molecule has 4 rings (SSSR count). The number of nitrogens with zero attached hydrogens (tertiary/aromatic N) is 1. The van der Waals surface area contributed by atoms with Crippen LogP contribution in [0.1, 0.15) is 36.8 Å². The van der Waals surface area contributed by atoms with Crippen LogP contribution in [-0.2, 0) is 17.6 Å². The van der Waals surface area contributed by atoms with Crippen molar-refractivity contribution >= 4 is 11.6 Å². The second-order valence-corrected chi connectivity index (χ2v) is 8.02. The fourth-order valence-corrected chi connectivity index (χ4v) is 4.33. The van der Waals surface area contributed by atoms with Crippen molar-refractivity contribution in [3.63, 3.8) is 0 Å². The number of piperidine rings is 1. The van der Waals surface area contributed by atoms with Crippen LogP contribution in [0, 0.1) is 5.92 Å². The Morgan fingerprint density at radius 1 is 1.00 bits per heavy atom. The fourth-order valence-electron chi connectivity index (χ4n) is 4.33. The van der Waals surface area contributed by atoms with Crippen LogP contribution in [-0.4, -0.2) is 37.0 Å². The number of hydrogen-bond acceptors (Lipinski definition) is 3. The molecule has 0 saturated carbocycles. The van der Waals surface area contributed by atoms with Gasteiger partial charge in [-0.25, -0.2) is 0 Å². The smallest absolute Gasteiger partial charge is 0.224 e. The Kier molecular flexibility index (Phi) is 6.27. The Morgan fingerprint density at radius 3 is 2.64 bits per heavy atom. The third-order valence-corrected chi connectivity index (χ3v) is 5.95. The molecule has 0 atom stereocenters. The van der Waals surface area contributed by atoms with Crippen LogP contribution in [0.25, 0.3) is 0 Å². The van der Waals surface area contributed by atoms with Gasteiger partial charge in [0.25, 0.3) is 0 Å². The van der Waals surface area contributed by atoms with E-state index in [1.54, 1.807) is 0 Å². The summed E-state index contributed by atoms with van der Waals surface area (Å²) in [5.74, 6) is 1.71. The second kappa shape index (κ2) is 9.24. The number of nitrogens with one attached hydrogen (secondary N) is 1. The predicted molar refractivity (Wildman–Crippen MR) is 113 cm³/mol. The van der Waals surface area contributed by atoms with Crippen molar-refractivity contribution in [1.82, 2.24) is 4.90 Å². The van der Waals surface area contributed by atoms with Gasteiger partial charge in [0.15, 0.2) is 0 Å². The SMILES string of the molecule is O=C1CCc2cccc(OCCCN3CCC(Cc4ccccc4)CC3)c2N1. The lowest BCUT2D eigenvalue weighted by atomic mass is 9.90. The second-order valence-electron chi connectivity index (χ2n) is 8.02. The van der Waals surface area contributed by atoms with E-state index >= 15 is 0 Å². The monoisotopic (exact) mass is 378 g/mol. The number of aryl methyl sites for hydroxylation is 1. The van der Waals surface area contributed by atoms with Crippen molar-refractivity contribution in [2.24, 2.45) is 5.92 Å². The molecule has 2 aliphatic rings. The fraction of sp³-hybridized carbons (Fsp3) is 0.458. The summed E-state index contributed by atoms with van der Waals surface area (Å²) in [6.45, 7) is 4.15. The zero-order chi connectivity index (χ0) is 19.2. The Labute approximate surface area is 167 Å². The first-order valence-corrected chi connectivity index (χ1v) is 10.6. The van der Waals surface area contributed by atoms with E-state index in [9.17, 15) is 4.79 Å². The van der Waals surface area contributed by atoms with Gasteiger partial charge in [0, 0.05) is 13.0 Å². The molecule has 1 fully saturated rings. The van der Waals surface area contributed by atoms with Gasteiger partial charge in [0.2, 0.25) is 5.91 Å². The molecule has 2 aromatic carbocycles. The number of hydrogen-bond donors (Lipinski definition) is 1. The molecule has 1 saturated heterocycles. The molecular formula is C24H30N2O2. The number of amides is 1. The minimum atomic E-state index is 0.0851. The van der Waals surface area contributed by atoms with E-state index in [1.807, 2.05) is 12.1 Å². The van der Waals surface area contributed by atoms with Crippen LogP contribution in [0.2, 0.25) is 0 Å². The zero-order valence-electron chi connectivity index (χ0n) is 16.5. The van der Waals surface area contributed by atoms with Crippen molar-refractivity contribution < 1.29 is 9.53 Å². The Bertz CT molecular complexity index is 782. The van der Waals surface area contributed by atoms with Crippen molar-refractivity contribution in [3.05, 3.63) is 59.7 Å². The molecule has 148 valence electrons. The molecule has 0 spiro atoms. The lowest BCUT2D eigenvalue weighted by molar-refractivity contribution is -0.116. The third-order valence-electron chi connectivity index (χ3n) is 5.95. The van der Waals surface area contributed by atoms with Gasteiger partial charge in [-0.3, -0.25) is 4.79 Å². The Morgan fingerprint density at radius 2 is 1.82 bits per heavy atom. The number of ether oxygens (including phenoxy) is 1. The normalized spacial score (nSPS) is 17.8. The average molecular weight is 379 g/mol. The maximum absolute atomic E-state index is 11.7. The molecule has 2 aliphatic heterocycles. The Hall–Kier alpha value is -2.33. The van der Waals surface area contributed by atoms with Gasteiger partial charge in [-0.15, -0.1) is 0 Å². The van der Waals surface area contributed by atoms with Crippen LogP contribution in [0.3, 0.4) is 0 Å². The highest BCUT2D eigenvalue weighted by atomic mass is 16.5. The number of carbonyl (C=O) groups is 1. The standard InChI is InChI=1S/C24H30N2O2/c27-23-11-10-21-8-4-9-22(24(21)25-23)28-17-5-14-26-15-12-20(13-16-26)18-19-6-2-1-3-7-19/h1-4,6-9,20H,5,10-18H2,(H,25,27). The minimum absolute atomic E-state index is 0.0851. The summed E-state index contributed by atoms with van der Waals surface area (Å²) >= 11 is 0. The number of fused-ring (bicyclic) bond motifs is 1. The highest BCUT2D eigenvalue weighted by Crippen LogP contribution is 2.32. The van der Waals surface area contributed by atoms with Crippen LogP contribution >= 0.6 is 0 Å². The average Bonchev–Trinajstić information content (AvgIpc) is 2.73. The Balaban J connectivity index is 1.17. The lowest BCUT2D eigenvalue weighted by Crippen LogP contribution is -2.35. The molecular weight excluding hydrogens is 348 g/mol. The minimum Gasteiger partial charge on any atom is -0.491 e. The van der Waals surface area contributed by atoms with E-state index in [0.29, 0.717) is 13.0 Å². The molecule has 4 nitrogen and oxygen atoms in total. The number of para-hydroxylation sites is 1. The first-order valence-electron chi connectivity index (χ1n) is 10.6. The number of likely N-dealkylation sites (tertiary alicyclic amines) is 1. The highest BCUT2D eigenvalue weighted by Gasteiger charge is 2.20. The maximum atomic E-state index is 11.7. The van der Waals surface area contributed by atoms with E-state index in [0.717, 1.165) is 36.7 Å². The van der Waals surface area contributed by atoms with Gasteiger partial charge < -0.3 is 15.0 Å². The van der Waals surface area contributed by atoms with Crippen molar-refractivity contribution in [3.8, 4) is 5.75 Å². The summed E-state index contributed by atoms with van der Waals surface area (Å²) in [5.41, 5.74) is 3.52. The number of rotatable bonds is 7. The molecule has 0 aliphatic carbocycles. The van der Waals surface area contributed by atoms with Gasteiger partial charge in [0.1, 0.15) is 5.75 Å². The summed E-state index contributed by atoms with van der Waals surface area (Å²) < 4.78 is 6.00. The molecule has 2 aromatic rings. The van der Waals surface area contributed by atoms with Gasteiger partial charge in [-0.1, -0.05) is 42.5 Å². The number of anilines is 1. The van der Waals surface area contributed by atoms with Crippen LogP contribution in [0.4, 0.5) is 5.69 Å². The van der Waals surface area contributed by atoms with Crippen molar-refractivity contribution in [2.45, 2.75) is 38.5 Å². The summed E-state index contributed by atoms with van der Waals surface area (Å²) in [4.78, 5) is 14.2. The van der Waals surface area contributed by atoms with E-state index in [1.165, 1.54) is 43.5 Å². The summed E-state index contributed by atoms with van der Waals surface area (Å²) in [6.07, 6.45) is 6.17. The van der Waals surface area contributed by atoms with Crippen molar-refractivity contribution in [1.29, 1.82) is 0 Å². The molecule has 2 heterocycles. The highest BCUT2D eigenvalue weighted by molar-refractivity contribution is 5.95. The van der Waals surface area contributed by atoms with Crippen LogP contribution in [0.5, 0.6) is 5.75 Å². The number of benzene rings is 2. The molecule has 0 bridgehead atoms. The molecule has 0 unspecified atom stereocenters. The third kappa shape index (κ3) is 4.93.